The first-order valence-corrected chi connectivity index (χ1v) is 11.1. The van der Waals surface area contributed by atoms with E-state index >= 15 is 0 Å². The number of amides is 2. The third-order valence-corrected chi connectivity index (χ3v) is 7.11. The lowest BCUT2D eigenvalue weighted by Crippen LogP contribution is -2.71. The predicted molar refractivity (Wildman–Crippen MR) is 114 cm³/mol. The van der Waals surface area contributed by atoms with Crippen molar-refractivity contribution >= 4 is 57.8 Å². The van der Waals surface area contributed by atoms with Gasteiger partial charge in [-0.25, -0.2) is 9.78 Å². The van der Waals surface area contributed by atoms with Crippen molar-refractivity contribution < 1.29 is 19.5 Å². The highest BCUT2D eigenvalue weighted by Gasteiger charge is 2.54. The molecule has 2 unspecified atom stereocenters. The largest absolute Gasteiger partial charge is 0.477 e. The molecular weight excluding hydrogens is 482 g/mol. The number of carboxylic acid groups (broad SMARTS) is 1. The van der Waals surface area contributed by atoms with E-state index in [2.05, 4.69) is 24.8 Å². The zero-order chi connectivity index (χ0) is 23.0. The van der Waals surface area contributed by atoms with E-state index in [-0.39, 0.29) is 16.7 Å². The topological polar surface area (TPSA) is 181 Å². The molecule has 0 saturated carbocycles. The van der Waals surface area contributed by atoms with Crippen LogP contribution in [-0.4, -0.2) is 54.2 Å². The number of nitrogen functional groups attached to an aromatic ring is 1. The van der Waals surface area contributed by atoms with E-state index in [0.29, 0.717) is 27.7 Å². The summed E-state index contributed by atoms with van der Waals surface area (Å²) < 4.78 is 3.80. The first kappa shape index (κ1) is 22.1. The van der Waals surface area contributed by atoms with Crippen molar-refractivity contribution in [3.05, 3.63) is 44.8 Å². The quantitative estimate of drug-likeness (QED) is 0.376. The van der Waals surface area contributed by atoms with Gasteiger partial charge in [0.25, 0.3) is 11.8 Å². The molecule has 4 N–H and O–H groups in total. The van der Waals surface area contributed by atoms with Crippen molar-refractivity contribution in [3.8, 4) is 0 Å². The lowest BCUT2D eigenvalue weighted by Gasteiger charge is -2.50. The molecule has 2 aliphatic heterocycles. The van der Waals surface area contributed by atoms with E-state index in [9.17, 15) is 24.4 Å². The summed E-state index contributed by atoms with van der Waals surface area (Å²) in [5.74, 6) is -2.89. The average Bonchev–Trinajstić information content (AvgIpc) is 3.19. The number of aliphatic carboxylic acids is 1. The Morgan fingerprint density at radius 3 is 2.88 bits per heavy atom. The van der Waals surface area contributed by atoms with Crippen LogP contribution in [0.4, 0.5) is 5.13 Å². The smallest absolute Gasteiger partial charge is 0.353 e. The van der Waals surface area contributed by atoms with Crippen LogP contribution < -0.4 is 11.1 Å². The molecule has 3 atom stereocenters. The maximum atomic E-state index is 12.8. The number of nitroso groups, excluding NO2 is 1. The lowest BCUT2D eigenvalue weighted by atomic mass is 9.86. The molecule has 2 amide bonds. The Morgan fingerprint density at radius 1 is 1.47 bits per heavy atom. The molecule has 1 fully saturated rings. The van der Waals surface area contributed by atoms with Crippen LogP contribution in [0.25, 0.3) is 0 Å². The fourth-order valence-corrected chi connectivity index (χ4v) is 5.25. The van der Waals surface area contributed by atoms with Gasteiger partial charge >= 0.3 is 5.97 Å². The number of carbonyl (C=O) groups is 3. The third kappa shape index (κ3) is 3.91. The summed E-state index contributed by atoms with van der Waals surface area (Å²) in [4.78, 5) is 58.3. The van der Waals surface area contributed by atoms with E-state index in [4.69, 9.17) is 17.3 Å². The first-order valence-electron chi connectivity index (χ1n) is 9.10. The van der Waals surface area contributed by atoms with E-state index in [1.807, 2.05) is 0 Å². The highest BCUT2D eigenvalue weighted by molar-refractivity contribution is 8.03. The number of pyridine rings is 1. The number of carbonyl (C=O) groups excluding carboxylic acids is 2. The normalized spacial score (nSPS) is 20.9. The van der Waals surface area contributed by atoms with Crippen LogP contribution in [-0.2, 0) is 14.4 Å². The van der Waals surface area contributed by atoms with Gasteiger partial charge in [-0.1, -0.05) is 23.4 Å². The molecule has 4 heterocycles. The number of fused-ring (bicyclic) bond motifs is 1. The number of allylic oxidation sites excluding steroid dienone is 1. The maximum absolute atomic E-state index is 12.8. The van der Waals surface area contributed by atoms with Crippen molar-refractivity contribution in [1.82, 2.24) is 24.6 Å². The SMILES string of the molecule is Nc1nc(C(N=O)C(=O)N[C@@H]2C(=O)N3C(C(=O)O)=C(Sc4ccncc4Cl)CCC23)ns1. The zero-order valence-electron chi connectivity index (χ0n) is 16.0. The number of hydrogen-bond acceptors (Lipinski definition) is 11. The van der Waals surface area contributed by atoms with Gasteiger partial charge in [0.1, 0.15) is 11.7 Å². The summed E-state index contributed by atoms with van der Waals surface area (Å²) in [6.07, 6.45) is 3.73. The summed E-state index contributed by atoms with van der Waals surface area (Å²) >= 11 is 8.08. The van der Waals surface area contributed by atoms with Crippen molar-refractivity contribution in [1.29, 1.82) is 0 Å². The van der Waals surface area contributed by atoms with Crippen LogP contribution in [0.2, 0.25) is 5.02 Å². The fourth-order valence-electron chi connectivity index (χ4n) is 3.51. The Labute approximate surface area is 193 Å². The van der Waals surface area contributed by atoms with E-state index in [1.54, 1.807) is 6.07 Å². The zero-order valence-corrected chi connectivity index (χ0v) is 18.4. The van der Waals surface area contributed by atoms with Crippen LogP contribution in [0, 0.1) is 4.91 Å². The Kier molecular flexibility index (Phi) is 6.08. The van der Waals surface area contributed by atoms with Gasteiger partial charge in [0.15, 0.2) is 11.0 Å². The Bertz CT molecular complexity index is 1160. The molecular formula is C17H14ClN7O5S2. The molecule has 0 aliphatic carbocycles. The lowest BCUT2D eigenvalue weighted by molar-refractivity contribution is -0.156. The summed E-state index contributed by atoms with van der Waals surface area (Å²) in [5, 5.41) is 15.4. The molecule has 1 saturated heterocycles. The van der Waals surface area contributed by atoms with Crippen LogP contribution in [0.5, 0.6) is 0 Å². The Morgan fingerprint density at radius 2 is 2.25 bits per heavy atom. The van der Waals surface area contributed by atoms with Crippen molar-refractivity contribution in [2.45, 2.75) is 35.9 Å². The molecule has 2 aromatic heterocycles. The summed E-state index contributed by atoms with van der Waals surface area (Å²) in [5.41, 5.74) is 5.32. The summed E-state index contributed by atoms with van der Waals surface area (Å²) in [6.45, 7) is 0. The third-order valence-electron chi connectivity index (χ3n) is 4.92. The number of nitrogens with two attached hydrogens (primary N) is 1. The number of β-lactam (4-membered cyclic amide) rings is 1. The molecule has 4 rings (SSSR count). The van der Waals surface area contributed by atoms with E-state index in [1.165, 1.54) is 12.4 Å². The standard InChI is InChI=1S/C17H14ClN7O5S2/c18-6-5-20-4-3-8(6)31-9-2-1-7-10(15(27)25(7)12(9)16(28)29)21-14(26)11(23-30)13-22-17(19)32-24-13/h3-5,7,10-11H,1-2H2,(H,21,26)(H,28,29)(H2,19,22,24)/t7?,10-,11?/m0/s1. The number of hydrogen-bond donors (Lipinski definition) is 3. The summed E-state index contributed by atoms with van der Waals surface area (Å²) in [6, 6.07) is -1.48. The second kappa shape index (κ2) is 8.80. The molecule has 0 radical (unpaired) electrons. The van der Waals surface area contributed by atoms with Gasteiger partial charge in [0, 0.05) is 33.7 Å². The Balaban J connectivity index is 1.53. The highest BCUT2D eigenvalue weighted by Crippen LogP contribution is 2.44. The second-order valence-corrected chi connectivity index (χ2v) is 9.11. The van der Waals surface area contributed by atoms with Crippen LogP contribution >= 0.6 is 34.9 Å². The number of nitrogens with zero attached hydrogens (tertiary/aromatic N) is 5. The molecule has 0 aromatic carbocycles. The number of carboxylic acids is 1. The minimum Gasteiger partial charge on any atom is -0.477 e. The number of rotatable bonds is 7. The van der Waals surface area contributed by atoms with Crippen LogP contribution in [0.3, 0.4) is 0 Å². The molecule has 0 spiro atoms. The minimum atomic E-state index is -1.57. The molecule has 2 aromatic rings. The fraction of sp³-hybridized carbons (Fsp3) is 0.294. The van der Waals surface area contributed by atoms with Gasteiger partial charge < -0.3 is 16.2 Å². The van der Waals surface area contributed by atoms with E-state index in [0.717, 1.165) is 28.2 Å². The summed E-state index contributed by atoms with van der Waals surface area (Å²) in [7, 11) is 0. The van der Waals surface area contributed by atoms with Gasteiger partial charge in [-0.2, -0.15) is 4.37 Å². The minimum absolute atomic E-state index is 0.0650. The van der Waals surface area contributed by atoms with Crippen molar-refractivity contribution in [2.75, 3.05) is 5.73 Å². The highest BCUT2D eigenvalue weighted by atomic mass is 35.5. The molecule has 2 aliphatic rings. The molecule has 12 nitrogen and oxygen atoms in total. The number of nitrogens with one attached hydrogen (secondary N) is 1. The van der Waals surface area contributed by atoms with Gasteiger partial charge in [-0.3, -0.25) is 19.5 Å². The Hall–Kier alpha value is -3.10. The number of aromatic nitrogens is 3. The molecule has 15 heteroatoms. The van der Waals surface area contributed by atoms with Crippen molar-refractivity contribution in [2.24, 2.45) is 5.18 Å². The van der Waals surface area contributed by atoms with Crippen LogP contribution in [0.1, 0.15) is 24.7 Å². The molecule has 166 valence electrons. The number of halogens is 1. The van der Waals surface area contributed by atoms with Gasteiger partial charge in [-0.15, -0.1) is 4.91 Å². The first-order chi connectivity index (χ1) is 15.3. The second-order valence-electron chi connectivity index (χ2n) is 6.78. The predicted octanol–water partition coefficient (Wildman–Crippen LogP) is 1.55. The van der Waals surface area contributed by atoms with Gasteiger partial charge in [-0.05, 0) is 24.1 Å². The number of thioether (sulfide) groups is 1. The maximum Gasteiger partial charge on any atom is 0.353 e. The molecule has 0 bridgehead atoms. The van der Waals surface area contributed by atoms with Crippen LogP contribution in [0.15, 0.2) is 39.1 Å². The van der Waals surface area contributed by atoms with E-state index < -0.39 is 35.9 Å². The number of anilines is 1. The van der Waals surface area contributed by atoms with Crippen molar-refractivity contribution in [3.63, 3.8) is 0 Å². The van der Waals surface area contributed by atoms with Gasteiger partial charge in [0.05, 0.1) is 11.1 Å². The molecule has 32 heavy (non-hydrogen) atoms. The monoisotopic (exact) mass is 495 g/mol. The van der Waals surface area contributed by atoms with Gasteiger partial charge in [0.2, 0.25) is 6.04 Å². The average molecular weight is 496 g/mol.